The molecule has 2 heterocycles. The van der Waals surface area contributed by atoms with Crippen molar-refractivity contribution in [1.29, 1.82) is 0 Å². The summed E-state index contributed by atoms with van der Waals surface area (Å²) in [5.41, 5.74) is 1.51. The molecule has 0 bridgehead atoms. The van der Waals surface area contributed by atoms with Crippen LogP contribution in [0.4, 0.5) is 0 Å². The summed E-state index contributed by atoms with van der Waals surface area (Å²) in [6, 6.07) is 7.13. The monoisotopic (exact) mass is 410 g/mol. The lowest BCUT2D eigenvalue weighted by Gasteiger charge is -2.10. The van der Waals surface area contributed by atoms with Crippen LogP contribution in [0.25, 0.3) is 28.6 Å². The number of aliphatic carboxylic acids is 1. The average molecular weight is 410 g/mol. The van der Waals surface area contributed by atoms with Crippen LogP contribution in [0.5, 0.6) is 0 Å². The highest BCUT2D eigenvalue weighted by atomic mass is 16.4. The van der Waals surface area contributed by atoms with Crippen molar-refractivity contribution in [2.24, 2.45) is 0 Å². The molecule has 0 saturated heterocycles. The Labute approximate surface area is 173 Å². The first-order valence-corrected chi connectivity index (χ1v) is 10.2. The first-order valence-electron chi connectivity index (χ1n) is 10.2. The molecule has 0 saturated carbocycles. The van der Waals surface area contributed by atoms with Crippen molar-refractivity contribution in [3.8, 4) is 11.4 Å². The van der Waals surface area contributed by atoms with E-state index in [-0.39, 0.29) is 11.2 Å². The molecule has 0 spiro atoms. The van der Waals surface area contributed by atoms with Crippen molar-refractivity contribution in [2.75, 3.05) is 0 Å². The molecule has 158 valence electrons. The average Bonchev–Trinajstić information content (AvgIpc) is 3.18. The van der Waals surface area contributed by atoms with Crippen LogP contribution in [0.1, 0.15) is 45.1 Å². The summed E-state index contributed by atoms with van der Waals surface area (Å²) < 4.78 is 2.88. The van der Waals surface area contributed by atoms with Crippen molar-refractivity contribution in [3.05, 3.63) is 56.7 Å². The van der Waals surface area contributed by atoms with Crippen LogP contribution in [0, 0.1) is 0 Å². The van der Waals surface area contributed by atoms with Gasteiger partial charge >= 0.3 is 11.7 Å². The van der Waals surface area contributed by atoms with E-state index < -0.39 is 5.97 Å². The van der Waals surface area contributed by atoms with E-state index in [1.54, 1.807) is 28.8 Å². The van der Waals surface area contributed by atoms with Gasteiger partial charge in [-0.15, -0.1) is 0 Å². The molecular formula is C22H26N4O4. The number of carboxylic acid groups (broad SMARTS) is 1. The smallest absolute Gasteiger partial charge is 0.332 e. The van der Waals surface area contributed by atoms with Gasteiger partial charge in [0, 0.05) is 24.7 Å². The molecular weight excluding hydrogens is 384 g/mol. The number of H-pyrrole nitrogens is 1. The van der Waals surface area contributed by atoms with Crippen LogP contribution in [-0.2, 0) is 17.9 Å². The predicted octanol–water partition coefficient (Wildman–Crippen LogP) is 3.25. The lowest BCUT2D eigenvalue weighted by molar-refractivity contribution is -0.131. The summed E-state index contributed by atoms with van der Waals surface area (Å²) in [4.78, 5) is 44.2. The Kier molecular flexibility index (Phi) is 6.66. The zero-order chi connectivity index (χ0) is 21.7. The van der Waals surface area contributed by atoms with Crippen LogP contribution in [0.15, 0.2) is 39.9 Å². The number of unbranched alkanes of at least 4 members (excludes halogenated alkanes) is 2. The Morgan fingerprint density at radius 1 is 1.07 bits per heavy atom. The van der Waals surface area contributed by atoms with Gasteiger partial charge in [0.2, 0.25) is 0 Å². The van der Waals surface area contributed by atoms with Crippen molar-refractivity contribution in [2.45, 2.75) is 52.6 Å². The largest absolute Gasteiger partial charge is 0.478 e. The first kappa shape index (κ1) is 21.3. The minimum Gasteiger partial charge on any atom is -0.478 e. The van der Waals surface area contributed by atoms with E-state index in [1.165, 1.54) is 10.6 Å². The number of carboxylic acids is 1. The number of aromatic nitrogens is 4. The number of aromatic amines is 1. The molecule has 0 amide bonds. The summed E-state index contributed by atoms with van der Waals surface area (Å²) in [5, 5.41) is 8.74. The summed E-state index contributed by atoms with van der Waals surface area (Å²) in [5.74, 6) is -0.519. The molecule has 0 aliphatic rings. The number of rotatable bonds is 9. The Hall–Kier alpha value is -3.42. The third-order valence-corrected chi connectivity index (χ3v) is 4.93. The second-order valence-electron chi connectivity index (χ2n) is 7.18. The fraction of sp³-hybridized carbons (Fsp3) is 0.364. The van der Waals surface area contributed by atoms with Crippen LogP contribution >= 0.6 is 0 Å². The SMILES string of the molecule is CCCCn1c(=O)c2[nH]c(-c3ccc(C=CC(=O)O)cc3)nc2n(CCCC)c1=O. The molecule has 2 aromatic heterocycles. The number of nitrogens with zero attached hydrogens (tertiary/aromatic N) is 3. The summed E-state index contributed by atoms with van der Waals surface area (Å²) in [6.45, 7) is 4.95. The molecule has 0 fully saturated rings. The van der Waals surface area contributed by atoms with Gasteiger partial charge in [-0.05, 0) is 24.5 Å². The highest BCUT2D eigenvalue weighted by Gasteiger charge is 2.17. The normalized spacial score (nSPS) is 11.5. The molecule has 0 aliphatic heterocycles. The number of fused-ring (bicyclic) bond motifs is 1. The highest BCUT2D eigenvalue weighted by molar-refractivity contribution is 5.85. The predicted molar refractivity (Wildman–Crippen MR) is 117 cm³/mol. The van der Waals surface area contributed by atoms with Gasteiger partial charge in [-0.3, -0.25) is 13.9 Å². The zero-order valence-corrected chi connectivity index (χ0v) is 17.2. The minimum atomic E-state index is -1.01. The van der Waals surface area contributed by atoms with Crippen molar-refractivity contribution < 1.29 is 9.90 Å². The van der Waals surface area contributed by atoms with Crippen molar-refractivity contribution >= 4 is 23.2 Å². The second-order valence-corrected chi connectivity index (χ2v) is 7.18. The topological polar surface area (TPSA) is 110 Å². The van der Waals surface area contributed by atoms with E-state index in [0.29, 0.717) is 30.1 Å². The molecule has 3 aromatic rings. The molecule has 8 heteroatoms. The van der Waals surface area contributed by atoms with E-state index in [2.05, 4.69) is 9.97 Å². The standard InChI is InChI=1S/C22H26N4O4/c1-3-5-13-25-20-18(21(29)26(22(25)30)14-6-4-2)23-19(24-20)16-10-7-15(8-11-16)9-12-17(27)28/h7-12H,3-6,13-14H2,1-2H3,(H,23,24)(H,27,28). The quantitative estimate of drug-likeness (QED) is 0.526. The maximum Gasteiger partial charge on any atom is 0.332 e. The third-order valence-electron chi connectivity index (χ3n) is 4.93. The summed E-state index contributed by atoms with van der Waals surface area (Å²) in [7, 11) is 0. The van der Waals surface area contributed by atoms with Crippen LogP contribution in [0.3, 0.4) is 0 Å². The maximum absolute atomic E-state index is 12.9. The molecule has 1 aromatic carbocycles. The highest BCUT2D eigenvalue weighted by Crippen LogP contribution is 2.20. The fourth-order valence-corrected chi connectivity index (χ4v) is 3.25. The number of nitrogens with one attached hydrogen (secondary N) is 1. The van der Waals surface area contributed by atoms with Gasteiger partial charge < -0.3 is 10.1 Å². The molecule has 0 atom stereocenters. The van der Waals surface area contributed by atoms with Gasteiger partial charge in [-0.2, -0.15) is 0 Å². The van der Waals surface area contributed by atoms with Gasteiger partial charge in [0.25, 0.3) is 5.56 Å². The van der Waals surface area contributed by atoms with Crippen LogP contribution < -0.4 is 11.2 Å². The fourth-order valence-electron chi connectivity index (χ4n) is 3.25. The molecule has 0 unspecified atom stereocenters. The number of imidazole rings is 1. The van der Waals surface area contributed by atoms with Crippen molar-refractivity contribution in [3.63, 3.8) is 0 Å². The lowest BCUT2D eigenvalue weighted by atomic mass is 10.1. The Balaban J connectivity index is 2.10. The zero-order valence-electron chi connectivity index (χ0n) is 17.2. The number of benzene rings is 1. The number of aryl methyl sites for hydroxylation is 1. The molecule has 30 heavy (non-hydrogen) atoms. The number of carbonyl (C=O) groups is 1. The van der Waals surface area contributed by atoms with Gasteiger partial charge in [0.1, 0.15) is 11.3 Å². The minimum absolute atomic E-state index is 0.318. The van der Waals surface area contributed by atoms with Crippen molar-refractivity contribution in [1.82, 2.24) is 19.1 Å². The van der Waals surface area contributed by atoms with Gasteiger partial charge in [-0.1, -0.05) is 51.0 Å². The van der Waals surface area contributed by atoms with Gasteiger partial charge in [-0.25, -0.2) is 14.6 Å². The van der Waals surface area contributed by atoms with Crippen LogP contribution in [0.2, 0.25) is 0 Å². The summed E-state index contributed by atoms with van der Waals surface area (Å²) in [6.07, 6.45) is 5.94. The Morgan fingerprint density at radius 3 is 2.30 bits per heavy atom. The maximum atomic E-state index is 12.9. The first-order chi connectivity index (χ1) is 14.5. The van der Waals surface area contributed by atoms with Gasteiger partial charge in [0.05, 0.1) is 0 Å². The molecule has 8 nitrogen and oxygen atoms in total. The molecule has 3 rings (SSSR count). The van der Waals surface area contributed by atoms with Crippen LogP contribution in [-0.4, -0.2) is 30.2 Å². The van der Waals surface area contributed by atoms with E-state index in [1.807, 2.05) is 13.8 Å². The Morgan fingerprint density at radius 2 is 1.70 bits per heavy atom. The lowest BCUT2D eigenvalue weighted by Crippen LogP contribution is -2.40. The Bertz CT molecular complexity index is 1180. The third kappa shape index (κ3) is 4.42. The molecule has 0 aliphatic carbocycles. The van der Waals surface area contributed by atoms with E-state index >= 15 is 0 Å². The van der Waals surface area contributed by atoms with E-state index in [0.717, 1.165) is 42.9 Å². The van der Waals surface area contributed by atoms with E-state index in [9.17, 15) is 14.4 Å². The number of hydrogen-bond acceptors (Lipinski definition) is 4. The molecule has 2 N–H and O–H groups in total. The molecule has 0 radical (unpaired) electrons. The summed E-state index contributed by atoms with van der Waals surface area (Å²) >= 11 is 0. The second kappa shape index (κ2) is 9.39. The number of hydrogen-bond donors (Lipinski definition) is 2. The van der Waals surface area contributed by atoms with E-state index in [4.69, 9.17) is 5.11 Å². The van der Waals surface area contributed by atoms with Gasteiger partial charge in [0.15, 0.2) is 5.65 Å².